The molecule has 4 aromatic carbocycles. The molecule has 0 aliphatic heterocycles. The van der Waals surface area contributed by atoms with Gasteiger partial charge in [0.25, 0.3) is 0 Å². The maximum absolute atomic E-state index is 5.29. The van der Waals surface area contributed by atoms with Crippen molar-refractivity contribution in [3.05, 3.63) is 77.3 Å². The standard InChI is InChI=1S/C21H15BrO/c1-23-15-12-10-14(11-13-15)20-16-6-2-4-8-18(16)21(22)19-9-5-3-7-17(19)20/h2-13H,1H3. The Balaban J connectivity index is 2.15. The van der Waals surface area contributed by atoms with Gasteiger partial charge in [0, 0.05) is 4.47 Å². The Hall–Kier alpha value is -2.32. The lowest BCUT2D eigenvalue weighted by atomic mass is 9.92. The van der Waals surface area contributed by atoms with Crippen molar-refractivity contribution in [3.8, 4) is 16.9 Å². The lowest BCUT2D eigenvalue weighted by molar-refractivity contribution is 0.415. The minimum Gasteiger partial charge on any atom is -0.497 e. The molecule has 0 unspecified atom stereocenters. The summed E-state index contributed by atoms with van der Waals surface area (Å²) >= 11 is 3.79. The smallest absolute Gasteiger partial charge is 0.118 e. The second kappa shape index (κ2) is 5.71. The van der Waals surface area contributed by atoms with Crippen LogP contribution in [0.4, 0.5) is 0 Å². The van der Waals surface area contributed by atoms with Crippen LogP contribution in [-0.4, -0.2) is 7.11 Å². The highest BCUT2D eigenvalue weighted by Gasteiger charge is 2.13. The summed E-state index contributed by atoms with van der Waals surface area (Å²) in [6.45, 7) is 0. The molecule has 1 nitrogen and oxygen atoms in total. The topological polar surface area (TPSA) is 9.23 Å². The zero-order valence-corrected chi connectivity index (χ0v) is 14.3. The molecule has 2 heteroatoms. The molecule has 0 aliphatic carbocycles. The Morgan fingerprint density at radius 3 is 1.61 bits per heavy atom. The van der Waals surface area contributed by atoms with Gasteiger partial charge in [0.2, 0.25) is 0 Å². The van der Waals surface area contributed by atoms with Gasteiger partial charge < -0.3 is 4.74 Å². The van der Waals surface area contributed by atoms with E-state index in [4.69, 9.17) is 4.74 Å². The molecule has 0 heterocycles. The van der Waals surface area contributed by atoms with Gasteiger partial charge in [-0.1, -0.05) is 60.7 Å². The molecular formula is C21H15BrO. The van der Waals surface area contributed by atoms with Crippen LogP contribution in [0.3, 0.4) is 0 Å². The highest BCUT2D eigenvalue weighted by atomic mass is 79.9. The molecule has 4 rings (SSSR count). The van der Waals surface area contributed by atoms with E-state index in [2.05, 4.69) is 76.6 Å². The van der Waals surface area contributed by atoms with E-state index in [-0.39, 0.29) is 0 Å². The van der Waals surface area contributed by atoms with Crippen molar-refractivity contribution < 1.29 is 4.74 Å². The summed E-state index contributed by atoms with van der Waals surface area (Å²) in [6.07, 6.45) is 0. The van der Waals surface area contributed by atoms with Crippen molar-refractivity contribution in [2.45, 2.75) is 0 Å². The van der Waals surface area contributed by atoms with Crippen LogP contribution in [0.1, 0.15) is 0 Å². The summed E-state index contributed by atoms with van der Waals surface area (Å²) in [6, 6.07) is 25.3. The SMILES string of the molecule is COc1ccc(-c2c3ccccc3c(Br)c3ccccc23)cc1. The Labute approximate surface area is 143 Å². The Morgan fingerprint density at radius 2 is 1.13 bits per heavy atom. The van der Waals surface area contributed by atoms with E-state index >= 15 is 0 Å². The van der Waals surface area contributed by atoms with Crippen LogP contribution in [0.25, 0.3) is 32.7 Å². The van der Waals surface area contributed by atoms with E-state index in [9.17, 15) is 0 Å². The summed E-state index contributed by atoms with van der Waals surface area (Å²) in [5, 5.41) is 4.97. The Kier molecular flexibility index (Phi) is 3.55. The van der Waals surface area contributed by atoms with Gasteiger partial charge in [0.05, 0.1) is 7.11 Å². The predicted molar refractivity (Wildman–Crippen MR) is 101 cm³/mol. The third-order valence-corrected chi connectivity index (χ3v) is 5.10. The normalized spacial score (nSPS) is 11.0. The first-order chi connectivity index (χ1) is 11.3. The monoisotopic (exact) mass is 362 g/mol. The predicted octanol–water partition coefficient (Wildman–Crippen LogP) is 6.43. The fraction of sp³-hybridized carbons (Fsp3) is 0.0476. The summed E-state index contributed by atoms with van der Waals surface area (Å²) in [4.78, 5) is 0. The summed E-state index contributed by atoms with van der Waals surface area (Å²) in [7, 11) is 1.69. The average molecular weight is 363 g/mol. The molecule has 0 amide bonds. The number of halogens is 1. The quantitative estimate of drug-likeness (QED) is 0.373. The fourth-order valence-corrected chi connectivity index (χ4v) is 3.84. The molecule has 23 heavy (non-hydrogen) atoms. The molecule has 0 fully saturated rings. The van der Waals surface area contributed by atoms with E-state index in [1.165, 1.54) is 32.7 Å². The third kappa shape index (κ3) is 2.30. The molecule has 4 aromatic rings. The lowest BCUT2D eigenvalue weighted by Crippen LogP contribution is -1.88. The molecule has 0 saturated carbocycles. The van der Waals surface area contributed by atoms with Crippen LogP contribution in [-0.2, 0) is 0 Å². The molecule has 0 N–H and O–H groups in total. The van der Waals surface area contributed by atoms with Crippen molar-refractivity contribution in [3.63, 3.8) is 0 Å². The van der Waals surface area contributed by atoms with Gasteiger partial charge in [-0.3, -0.25) is 0 Å². The summed E-state index contributed by atoms with van der Waals surface area (Å²) < 4.78 is 6.45. The van der Waals surface area contributed by atoms with Gasteiger partial charge in [0.15, 0.2) is 0 Å². The number of hydrogen-bond donors (Lipinski definition) is 0. The molecule has 0 atom stereocenters. The lowest BCUT2D eigenvalue weighted by Gasteiger charge is -2.14. The van der Waals surface area contributed by atoms with Crippen LogP contribution in [0.15, 0.2) is 77.3 Å². The molecule has 0 aromatic heterocycles. The largest absolute Gasteiger partial charge is 0.497 e. The number of hydrogen-bond acceptors (Lipinski definition) is 1. The molecule has 0 spiro atoms. The molecule has 0 saturated heterocycles. The average Bonchev–Trinajstić information content (AvgIpc) is 2.63. The second-order valence-electron chi connectivity index (χ2n) is 5.51. The molecule has 0 radical (unpaired) electrons. The number of fused-ring (bicyclic) bond motifs is 2. The second-order valence-corrected chi connectivity index (χ2v) is 6.30. The number of methoxy groups -OCH3 is 1. The van der Waals surface area contributed by atoms with Gasteiger partial charge >= 0.3 is 0 Å². The first-order valence-corrected chi connectivity index (χ1v) is 8.32. The van der Waals surface area contributed by atoms with Crippen LogP contribution < -0.4 is 4.74 Å². The molecule has 112 valence electrons. The Morgan fingerprint density at radius 1 is 0.652 bits per heavy atom. The maximum Gasteiger partial charge on any atom is 0.118 e. The number of rotatable bonds is 2. The molecular weight excluding hydrogens is 348 g/mol. The van der Waals surface area contributed by atoms with Crippen molar-refractivity contribution in [1.82, 2.24) is 0 Å². The highest BCUT2D eigenvalue weighted by molar-refractivity contribution is 9.10. The van der Waals surface area contributed by atoms with E-state index in [0.29, 0.717) is 0 Å². The van der Waals surface area contributed by atoms with Gasteiger partial charge in [-0.15, -0.1) is 0 Å². The van der Waals surface area contributed by atoms with Crippen molar-refractivity contribution in [2.75, 3.05) is 7.11 Å². The van der Waals surface area contributed by atoms with Crippen LogP contribution >= 0.6 is 15.9 Å². The first-order valence-electron chi connectivity index (χ1n) is 7.53. The maximum atomic E-state index is 5.29. The third-order valence-electron chi connectivity index (χ3n) is 4.24. The van der Waals surface area contributed by atoms with Crippen molar-refractivity contribution >= 4 is 37.5 Å². The van der Waals surface area contributed by atoms with E-state index in [0.717, 1.165) is 10.2 Å². The van der Waals surface area contributed by atoms with E-state index < -0.39 is 0 Å². The number of benzene rings is 4. The first kappa shape index (κ1) is 14.3. The minimum absolute atomic E-state index is 0.875. The van der Waals surface area contributed by atoms with Crippen LogP contribution in [0.5, 0.6) is 5.75 Å². The fourth-order valence-electron chi connectivity index (χ4n) is 3.14. The highest BCUT2D eigenvalue weighted by Crippen LogP contribution is 2.41. The zero-order valence-electron chi connectivity index (χ0n) is 12.7. The minimum atomic E-state index is 0.875. The van der Waals surface area contributed by atoms with E-state index in [1.54, 1.807) is 7.11 Å². The Bertz CT molecular complexity index is 946. The van der Waals surface area contributed by atoms with Gasteiger partial charge in [0.1, 0.15) is 5.75 Å². The molecule has 0 bridgehead atoms. The van der Waals surface area contributed by atoms with Crippen LogP contribution in [0.2, 0.25) is 0 Å². The van der Waals surface area contributed by atoms with Gasteiger partial charge in [-0.05, 0) is 60.7 Å². The van der Waals surface area contributed by atoms with Crippen molar-refractivity contribution in [1.29, 1.82) is 0 Å². The van der Waals surface area contributed by atoms with E-state index in [1.807, 2.05) is 12.1 Å². The summed E-state index contributed by atoms with van der Waals surface area (Å²) in [5.41, 5.74) is 2.47. The summed E-state index contributed by atoms with van der Waals surface area (Å²) in [5.74, 6) is 0.875. The van der Waals surface area contributed by atoms with Crippen molar-refractivity contribution in [2.24, 2.45) is 0 Å². The zero-order chi connectivity index (χ0) is 15.8. The van der Waals surface area contributed by atoms with Gasteiger partial charge in [-0.2, -0.15) is 0 Å². The van der Waals surface area contributed by atoms with Gasteiger partial charge in [-0.25, -0.2) is 0 Å². The molecule has 0 aliphatic rings. The number of ether oxygens (including phenoxy) is 1. The van der Waals surface area contributed by atoms with Crippen LogP contribution in [0, 0.1) is 0 Å².